The Kier molecular flexibility index (Phi) is 9.06. The number of halogens is 5. The second kappa shape index (κ2) is 12.0. The molecule has 0 aliphatic heterocycles. The van der Waals surface area contributed by atoms with Crippen LogP contribution in [0.4, 0.5) is 39.8 Å². The third kappa shape index (κ3) is 7.53. The zero-order chi connectivity index (χ0) is 26.3. The highest BCUT2D eigenvalue weighted by atomic mass is 35.5. The number of alkyl halides is 3. The Hall–Kier alpha value is -3.43. The molecule has 0 saturated carbocycles. The monoisotopic (exact) mass is 538 g/mol. The van der Waals surface area contributed by atoms with Crippen LogP contribution in [0, 0.1) is 0 Å². The molecule has 11 heteroatoms. The Morgan fingerprint density at radius 1 is 0.889 bits per heavy atom. The summed E-state index contributed by atoms with van der Waals surface area (Å²) in [5.41, 5.74) is 1.09. The van der Waals surface area contributed by atoms with Crippen molar-refractivity contribution >= 4 is 52.3 Å². The van der Waals surface area contributed by atoms with Gasteiger partial charge >= 0.3 is 18.2 Å². The second-order valence-corrected chi connectivity index (χ2v) is 8.50. The summed E-state index contributed by atoms with van der Waals surface area (Å²) in [6.45, 7) is 1.86. The van der Waals surface area contributed by atoms with Crippen molar-refractivity contribution in [2.75, 3.05) is 28.6 Å². The number of rotatable bonds is 7. The summed E-state index contributed by atoms with van der Waals surface area (Å²) < 4.78 is 39.8. The van der Waals surface area contributed by atoms with Crippen molar-refractivity contribution in [3.8, 4) is 0 Å². The van der Waals surface area contributed by atoms with Crippen LogP contribution in [-0.4, -0.2) is 25.2 Å². The number of aryl methyl sites for hydroxylation is 1. The minimum atomic E-state index is -4.59. The molecule has 0 saturated heterocycles. The first-order chi connectivity index (χ1) is 17.1. The number of amides is 4. The number of hydrogen-bond donors (Lipinski definition) is 3. The minimum absolute atomic E-state index is 0.000233. The summed E-state index contributed by atoms with van der Waals surface area (Å²) in [6, 6.07) is 14.8. The summed E-state index contributed by atoms with van der Waals surface area (Å²) in [4.78, 5) is 26.4. The van der Waals surface area contributed by atoms with Gasteiger partial charge in [-0.1, -0.05) is 48.3 Å². The molecular weight excluding hydrogens is 516 g/mol. The van der Waals surface area contributed by atoms with Crippen molar-refractivity contribution in [3.63, 3.8) is 0 Å². The van der Waals surface area contributed by atoms with E-state index in [1.807, 2.05) is 19.1 Å². The quantitative estimate of drug-likeness (QED) is 0.292. The first-order valence-corrected chi connectivity index (χ1v) is 11.7. The first kappa shape index (κ1) is 27.2. The second-order valence-electron chi connectivity index (χ2n) is 7.69. The molecule has 3 aromatic rings. The molecule has 0 aromatic heterocycles. The molecule has 3 N–H and O–H groups in total. The van der Waals surface area contributed by atoms with Crippen LogP contribution in [0.5, 0.6) is 0 Å². The van der Waals surface area contributed by atoms with Crippen LogP contribution in [0.2, 0.25) is 10.0 Å². The molecular formula is C25H23Cl2F3N4O2. The Morgan fingerprint density at radius 2 is 1.58 bits per heavy atom. The Bertz CT molecular complexity index is 1220. The molecule has 3 aromatic carbocycles. The van der Waals surface area contributed by atoms with E-state index >= 15 is 0 Å². The summed E-state index contributed by atoms with van der Waals surface area (Å²) in [5, 5.41) is 8.35. The van der Waals surface area contributed by atoms with Gasteiger partial charge in [-0.15, -0.1) is 0 Å². The average molecular weight is 539 g/mol. The van der Waals surface area contributed by atoms with Crippen molar-refractivity contribution < 1.29 is 22.8 Å². The molecule has 0 aliphatic rings. The minimum Gasteiger partial charge on any atom is -0.336 e. The average Bonchev–Trinajstić information content (AvgIpc) is 2.84. The fourth-order valence-electron chi connectivity index (χ4n) is 3.24. The lowest BCUT2D eigenvalue weighted by Crippen LogP contribution is -2.42. The number of nitrogens with one attached hydrogen (secondary N) is 3. The number of carbonyl (C=O) groups is 2. The van der Waals surface area contributed by atoms with Crippen LogP contribution < -0.4 is 20.9 Å². The van der Waals surface area contributed by atoms with Gasteiger partial charge < -0.3 is 16.0 Å². The predicted molar refractivity (Wildman–Crippen MR) is 137 cm³/mol. The predicted octanol–water partition coefficient (Wildman–Crippen LogP) is 7.43. The molecule has 4 amide bonds. The summed E-state index contributed by atoms with van der Waals surface area (Å²) in [5.74, 6) is 0. The van der Waals surface area contributed by atoms with E-state index in [1.165, 1.54) is 30.3 Å². The van der Waals surface area contributed by atoms with Gasteiger partial charge in [-0.3, -0.25) is 4.90 Å². The lowest BCUT2D eigenvalue weighted by Gasteiger charge is -2.24. The molecule has 190 valence electrons. The Balaban J connectivity index is 1.72. The van der Waals surface area contributed by atoms with Crippen molar-refractivity contribution in [3.05, 3.63) is 87.9 Å². The van der Waals surface area contributed by atoms with Gasteiger partial charge in [-0.25, -0.2) is 9.59 Å². The van der Waals surface area contributed by atoms with Gasteiger partial charge in [0.2, 0.25) is 0 Å². The first-order valence-electron chi connectivity index (χ1n) is 10.9. The zero-order valence-corrected chi connectivity index (χ0v) is 20.6. The molecule has 0 atom stereocenters. The van der Waals surface area contributed by atoms with Gasteiger partial charge in [-0.05, 0) is 60.5 Å². The van der Waals surface area contributed by atoms with Crippen LogP contribution in [0.1, 0.15) is 18.1 Å². The Morgan fingerprint density at radius 3 is 2.22 bits per heavy atom. The number of nitrogens with zero attached hydrogens (tertiary/aromatic N) is 1. The van der Waals surface area contributed by atoms with Crippen LogP contribution in [0.25, 0.3) is 0 Å². The fraction of sp³-hybridized carbons (Fsp3) is 0.200. The lowest BCUT2D eigenvalue weighted by atomic mass is 10.1. The largest absolute Gasteiger partial charge is 0.416 e. The summed E-state index contributed by atoms with van der Waals surface area (Å²) >= 11 is 11.9. The van der Waals surface area contributed by atoms with Gasteiger partial charge in [0.15, 0.2) is 0 Å². The number of hydrogen-bond acceptors (Lipinski definition) is 2. The normalized spacial score (nSPS) is 11.1. The molecule has 0 radical (unpaired) electrons. The van der Waals surface area contributed by atoms with Crippen LogP contribution in [0.3, 0.4) is 0 Å². The van der Waals surface area contributed by atoms with Gasteiger partial charge in [0.05, 0.1) is 15.6 Å². The fourth-order valence-corrected chi connectivity index (χ4v) is 3.54. The SMILES string of the molecule is CCc1ccc(NC(=O)NCCN(C(=O)Nc2ccc(Cl)c(Cl)c2)c2cccc(C(F)(F)F)c2)cc1. The maximum atomic E-state index is 13.3. The van der Waals surface area contributed by atoms with Crippen molar-refractivity contribution in [1.29, 1.82) is 0 Å². The maximum Gasteiger partial charge on any atom is 0.416 e. The van der Waals surface area contributed by atoms with Gasteiger partial charge in [-0.2, -0.15) is 13.2 Å². The smallest absolute Gasteiger partial charge is 0.336 e. The highest BCUT2D eigenvalue weighted by Crippen LogP contribution is 2.32. The van der Waals surface area contributed by atoms with E-state index in [9.17, 15) is 22.8 Å². The molecule has 6 nitrogen and oxygen atoms in total. The van der Waals surface area contributed by atoms with E-state index in [0.717, 1.165) is 29.0 Å². The third-order valence-electron chi connectivity index (χ3n) is 5.14. The highest BCUT2D eigenvalue weighted by Gasteiger charge is 2.31. The number of benzene rings is 3. The van der Waals surface area contributed by atoms with Crippen LogP contribution in [0.15, 0.2) is 66.7 Å². The Labute approximate surface area is 216 Å². The van der Waals surface area contributed by atoms with Crippen molar-refractivity contribution in [2.24, 2.45) is 0 Å². The number of carbonyl (C=O) groups excluding carboxylic acids is 2. The maximum absolute atomic E-state index is 13.3. The van der Waals surface area contributed by atoms with E-state index in [2.05, 4.69) is 16.0 Å². The van der Waals surface area contributed by atoms with Crippen molar-refractivity contribution in [2.45, 2.75) is 19.5 Å². The molecule has 0 unspecified atom stereocenters. The van der Waals surface area contributed by atoms with E-state index in [1.54, 1.807) is 12.1 Å². The van der Waals surface area contributed by atoms with Crippen LogP contribution >= 0.6 is 23.2 Å². The van der Waals surface area contributed by atoms with E-state index in [-0.39, 0.29) is 28.8 Å². The topological polar surface area (TPSA) is 73.5 Å². The zero-order valence-electron chi connectivity index (χ0n) is 19.1. The van der Waals surface area contributed by atoms with Gasteiger partial charge in [0.25, 0.3) is 0 Å². The third-order valence-corrected chi connectivity index (χ3v) is 5.88. The lowest BCUT2D eigenvalue weighted by molar-refractivity contribution is -0.137. The number of urea groups is 2. The molecule has 0 bridgehead atoms. The van der Waals surface area contributed by atoms with E-state index in [4.69, 9.17) is 23.2 Å². The summed E-state index contributed by atoms with van der Waals surface area (Å²) in [6.07, 6.45) is -3.73. The number of anilines is 3. The van der Waals surface area contributed by atoms with E-state index < -0.39 is 23.8 Å². The highest BCUT2D eigenvalue weighted by molar-refractivity contribution is 6.42. The molecule has 36 heavy (non-hydrogen) atoms. The molecule has 0 aliphatic carbocycles. The molecule has 0 spiro atoms. The standard InChI is InChI=1S/C25H23Cl2F3N4O2/c1-2-16-6-8-18(9-7-16)32-23(35)31-12-13-34(20-5-3-4-17(14-20)25(28,29)30)24(36)33-19-10-11-21(26)22(27)15-19/h3-11,14-15H,2,12-13H2,1H3,(H,33,36)(H2,31,32,35). The summed E-state index contributed by atoms with van der Waals surface area (Å²) in [7, 11) is 0. The molecule has 0 heterocycles. The molecule has 3 rings (SSSR count). The van der Waals surface area contributed by atoms with Gasteiger partial charge in [0, 0.05) is 30.2 Å². The van der Waals surface area contributed by atoms with Crippen LogP contribution in [-0.2, 0) is 12.6 Å². The molecule has 0 fully saturated rings. The van der Waals surface area contributed by atoms with Gasteiger partial charge in [0.1, 0.15) is 0 Å². The van der Waals surface area contributed by atoms with Crippen molar-refractivity contribution in [1.82, 2.24) is 5.32 Å². The van der Waals surface area contributed by atoms with E-state index in [0.29, 0.717) is 11.4 Å².